The Balaban J connectivity index is 1.60. The number of aryl methyl sites for hydroxylation is 2. The summed E-state index contributed by atoms with van der Waals surface area (Å²) in [6.45, 7) is 4.29. The van der Waals surface area contributed by atoms with Crippen LogP contribution in [0.3, 0.4) is 0 Å². The third kappa shape index (κ3) is 4.33. The van der Waals surface area contributed by atoms with Crippen molar-refractivity contribution in [1.29, 1.82) is 0 Å². The fourth-order valence-electron chi connectivity index (χ4n) is 3.87. The summed E-state index contributed by atoms with van der Waals surface area (Å²) in [7, 11) is 0. The zero-order valence-corrected chi connectivity index (χ0v) is 17.3. The Morgan fingerprint density at radius 3 is 1.50 bits per heavy atom. The van der Waals surface area contributed by atoms with Crippen molar-refractivity contribution in [2.45, 2.75) is 26.7 Å². The molecule has 4 aromatic rings. The van der Waals surface area contributed by atoms with Crippen LogP contribution in [0.5, 0.6) is 0 Å². The first-order valence-corrected chi connectivity index (χ1v) is 10.3. The maximum Gasteiger partial charge on any atom is 0.123 e. The quantitative estimate of drug-likeness (QED) is 0.322. The molecule has 0 amide bonds. The molecule has 0 aliphatic rings. The summed E-state index contributed by atoms with van der Waals surface area (Å²) in [4.78, 5) is 0. The number of halogens is 2. The molecule has 4 rings (SSSR count). The van der Waals surface area contributed by atoms with E-state index in [9.17, 15) is 8.78 Å². The number of hydrogen-bond donors (Lipinski definition) is 0. The Hall–Kier alpha value is -3.26. The molecule has 4 aromatic carbocycles. The highest BCUT2D eigenvalue weighted by Crippen LogP contribution is 2.27. The number of benzene rings is 4. The van der Waals surface area contributed by atoms with Gasteiger partial charge in [-0.2, -0.15) is 0 Å². The molecule has 30 heavy (non-hydrogen) atoms. The van der Waals surface area contributed by atoms with Crippen LogP contribution in [-0.2, 0) is 12.8 Å². The van der Waals surface area contributed by atoms with Crippen LogP contribution in [0, 0.1) is 18.6 Å². The van der Waals surface area contributed by atoms with Crippen LogP contribution in [0.2, 0.25) is 0 Å². The standard InChI is InChI=1S/C28H24F2/c1-3-20-17-26(22-10-14-28(30)15-11-22)7-6-25(20)18-23-4-5-24(16-19(23)2)21-8-12-27(29)13-9-21/h4-17H,3,18H2,1-2H3. The summed E-state index contributed by atoms with van der Waals surface area (Å²) in [5, 5.41) is 0. The van der Waals surface area contributed by atoms with Gasteiger partial charge in [0, 0.05) is 0 Å². The predicted molar refractivity (Wildman–Crippen MR) is 121 cm³/mol. The van der Waals surface area contributed by atoms with E-state index in [-0.39, 0.29) is 11.6 Å². The normalized spacial score (nSPS) is 10.9. The van der Waals surface area contributed by atoms with Gasteiger partial charge in [-0.3, -0.25) is 0 Å². The third-order valence-corrected chi connectivity index (χ3v) is 5.67. The van der Waals surface area contributed by atoms with Crippen molar-refractivity contribution >= 4 is 0 Å². The maximum absolute atomic E-state index is 13.2. The Morgan fingerprint density at radius 2 is 1.00 bits per heavy atom. The van der Waals surface area contributed by atoms with Gasteiger partial charge in [-0.15, -0.1) is 0 Å². The van der Waals surface area contributed by atoms with E-state index in [2.05, 4.69) is 50.2 Å². The minimum atomic E-state index is -0.219. The molecule has 0 aromatic heterocycles. The van der Waals surface area contributed by atoms with Crippen LogP contribution < -0.4 is 0 Å². The van der Waals surface area contributed by atoms with Crippen LogP contribution in [0.4, 0.5) is 8.78 Å². The molecule has 0 nitrogen and oxygen atoms in total. The van der Waals surface area contributed by atoms with Crippen molar-refractivity contribution in [1.82, 2.24) is 0 Å². The van der Waals surface area contributed by atoms with Gasteiger partial charge in [0.15, 0.2) is 0 Å². The highest BCUT2D eigenvalue weighted by atomic mass is 19.1. The third-order valence-electron chi connectivity index (χ3n) is 5.67. The summed E-state index contributed by atoms with van der Waals surface area (Å²) < 4.78 is 26.4. The van der Waals surface area contributed by atoms with E-state index in [0.29, 0.717) is 0 Å². The van der Waals surface area contributed by atoms with Crippen molar-refractivity contribution in [3.05, 3.63) is 119 Å². The van der Waals surface area contributed by atoms with Crippen molar-refractivity contribution in [2.75, 3.05) is 0 Å². The molecule has 0 heterocycles. The molecule has 0 saturated heterocycles. The molecule has 0 bridgehead atoms. The van der Waals surface area contributed by atoms with Crippen LogP contribution in [0.15, 0.2) is 84.9 Å². The molecule has 0 aliphatic heterocycles. The molecule has 0 unspecified atom stereocenters. The van der Waals surface area contributed by atoms with Gasteiger partial charge in [-0.05, 0) is 88.5 Å². The average molecular weight is 398 g/mol. The zero-order valence-electron chi connectivity index (χ0n) is 17.3. The van der Waals surface area contributed by atoms with Gasteiger partial charge in [-0.1, -0.05) is 67.6 Å². The van der Waals surface area contributed by atoms with Gasteiger partial charge < -0.3 is 0 Å². The Bertz CT molecular complexity index is 1160. The second-order valence-electron chi connectivity index (χ2n) is 7.67. The number of rotatable bonds is 5. The summed E-state index contributed by atoms with van der Waals surface area (Å²) in [5.74, 6) is -0.436. The lowest BCUT2D eigenvalue weighted by Crippen LogP contribution is -1.98. The Kier molecular flexibility index (Phi) is 5.76. The summed E-state index contributed by atoms with van der Waals surface area (Å²) in [6.07, 6.45) is 1.81. The zero-order chi connectivity index (χ0) is 21.1. The fraction of sp³-hybridized carbons (Fsp3) is 0.143. The molecular weight excluding hydrogens is 374 g/mol. The molecule has 150 valence electrons. The SMILES string of the molecule is CCc1cc(-c2ccc(F)cc2)ccc1Cc1ccc(-c2ccc(F)cc2)cc1C. The Morgan fingerprint density at radius 1 is 0.533 bits per heavy atom. The Labute approximate surface area is 176 Å². The van der Waals surface area contributed by atoms with Crippen molar-refractivity contribution < 1.29 is 8.78 Å². The van der Waals surface area contributed by atoms with Crippen molar-refractivity contribution in [3.8, 4) is 22.3 Å². The molecule has 0 N–H and O–H groups in total. The monoisotopic (exact) mass is 398 g/mol. The van der Waals surface area contributed by atoms with Gasteiger partial charge in [0.1, 0.15) is 11.6 Å². The molecule has 0 aliphatic carbocycles. The van der Waals surface area contributed by atoms with Crippen molar-refractivity contribution in [3.63, 3.8) is 0 Å². The maximum atomic E-state index is 13.2. The first-order chi connectivity index (χ1) is 14.5. The second-order valence-corrected chi connectivity index (χ2v) is 7.67. The number of hydrogen-bond acceptors (Lipinski definition) is 0. The molecule has 2 heteroatoms. The first kappa shape index (κ1) is 20.0. The van der Waals surface area contributed by atoms with Gasteiger partial charge >= 0.3 is 0 Å². The van der Waals surface area contributed by atoms with E-state index in [1.807, 2.05) is 24.3 Å². The van der Waals surface area contributed by atoms with Crippen LogP contribution >= 0.6 is 0 Å². The topological polar surface area (TPSA) is 0 Å². The predicted octanol–water partition coefficient (Wildman–Crippen LogP) is 7.76. The fourth-order valence-corrected chi connectivity index (χ4v) is 3.87. The second kappa shape index (κ2) is 8.62. The van der Waals surface area contributed by atoms with E-state index in [0.717, 1.165) is 35.1 Å². The molecular formula is C28H24F2. The van der Waals surface area contributed by atoms with Crippen LogP contribution in [-0.4, -0.2) is 0 Å². The van der Waals surface area contributed by atoms with E-state index >= 15 is 0 Å². The van der Waals surface area contributed by atoms with E-state index in [4.69, 9.17) is 0 Å². The molecule has 0 saturated carbocycles. The molecule has 0 spiro atoms. The first-order valence-electron chi connectivity index (χ1n) is 10.3. The smallest absolute Gasteiger partial charge is 0.123 e. The summed E-state index contributed by atoms with van der Waals surface area (Å²) in [5.41, 5.74) is 9.37. The molecule has 0 atom stereocenters. The van der Waals surface area contributed by atoms with Gasteiger partial charge in [0.2, 0.25) is 0 Å². The average Bonchev–Trinajstić information content (AvgIpc) is 2.76. The highest BCUT2D eigenvalue weighted by molar-refractivity contribution is 5.66. The summed E-state index contributed by atoms with van der Waals surface area (Å²) >= 11 is 0. The van der Waals surface area contributed by atoms with Crippen molar-refractivity contribution in [2.24, 2.45) is 0 Å². The minimum absolute atomic E-state index is 0.217. The summed E-state index contributed by atoms with van der Waals surface area (Å²) in [6, 6.07) is 26.2. The van der Waals surface area contributed by atoms with Gasteiger partial charge in [0.25, 0.3) is 0 Å². The minimum Gasteiger partial charge on any atom is -0.207 e. The van der Waals surface area contributed by atoms with E-state index in [1.165, 1.54) is 46.5 Å². The lowest BCUT2D eigenvalue weighted by molar-refractivity contribution is 0.627. The van der Waals surface area contributed by atoms with Gasteiger partial charge in [0.05, 0.1) is 0 Å². The molecule has 0 fully saturated rings. The van der Waals surface area contributed by atoms with Crippen LogP contribution in [0.25, 0.3) is 22.3 Å². The van der Waals surface area contributed by atoms with E-state index < -0.39 is 0 Å². The lowest BCUT2D eigenvalue weighted by atomic mass is 9.91. The van der Waals surface area contributed by atoms with Gasteiger partial charge in [-0.25, -0.2) is 8.78 Å². The lowest BCUT2D eigenvalue weighted by Gasteiger charge is -2.14. The van der Waals surface area contributed by atoms with E-state index in [1.54, 1.807) is 0 Å². The molecule has 0 radical (unpaired) electrons. The largest absolute Gasteiger partial charge is 0.207 e. The highest BCUT2D eigenvalue weighted by Gasteiger charge is 2.09. The van der Waals surface area contributed by atoms with Crippen LogP contribution in [0.1, 0.15) is 29.2 Å².